The molecule has 4 aromatic carbocycles. The average molecular weight is 434 g/mol. The van der Waals surface area contributed by atoms with Gasteiger partial charge in [-0.05, 0) is 0 Å². The smallest absolute Gasteiger partial charge is 0 e. The summed E-state index contributed by atoms with van der Waals surface area (Å²) in [6, 6.07) is 40.2. The minimum absolute atomic E-state index is 0. The minimum Gasteiger partial charge on any atom is -0.419 e. The molecule has 0 heterocycles. The molecule has 0 aliphatic rings. The maximum absolute atomic E-state index is 5.34. The predicted molar refractivity (Wildman–Crippen MR) is 119 cm³/mol. The van der Waals surface area contributed by atoms with Crippen LogP contribution in [-0.2, 0) is 19.5 Å². The zero-order valence-electron chi connectivity index (χ0n) is 16.3. The van der Waals surface area contributed by atoms with E-state index >= 15 is 0 Å². The first-order valence-corrected chi connectivity index (χ1v) is 8.44. The molecule has 5 heteroatoms. The van der Waals surface area contributed by atoms with E-state index in [-0.39, 0.29) is 19.5 Å². The van der Waals surface area contributed by atoms with Crippen molar-refractivity contribution in [3.8, 4) is 0 Å². The van der Waals surface area contributed by atoms with Crippen LogP contribution in [0.25, 0.3) is 0 Å². The van der Waals surface area contributed by atoms with Gasteiger partial charge >= 0.3 is 0 Å². The Morgan fingerprint density at radius 2 is 0.483 bits per heavy atom. The quantitative estimate of drug-likeness (QED) is 0.189. The van der Waals surface area contributed by atoms with Crippen LogP contribution in [0.1, 0.15) is 0 Å². The van der Waals surface area contributed by atoms with E-state index in [0.717, 1.165) is 22.7 Å². The third-order valence-electron chi connectivity index (χ3n) is 2.98. The van der Waals surface area contributed by atoms with Gasteiger partial charge in [0.2, 0.25) is 0 Å². The summed E-state index contributed by atoms with van der Waals surface area (Å²) in [5, 5.41) is 0. The van der Waals surface area contributed by atoms with E-state index in [4.69, 9.17) is 22.9 Å². The number of nitrogens with two attached hydrogens (primary N) is 4. The minimum atomic E-state index is 0. The standard InChI is InChI=1S/4C6H6N.Zn/c4*7-6-4-2-1-3-5-6;/h4*2-5H,7H2;/q4*-1;. The van der Waals surface area contributed by atoms with Crippen molar-refractivity contribution in [2.45, 2.75) is 0 Å². The molecular formula is C24H24N4Zn-4. The molecule has 29 heavy (non-hydrogen) atoms. The van der Waals surface area contributed by atoms with Crippen LogP contribution in [0.3, 0.4) is 0 Å². The number of rotatable bonds is 0. The second-order valence-corrected chi connectivity index (χ2v) is 5.33. The van der Waals surface area contributed by atoms with Gasteiger partial charge in [0.05, 0.1) is 0 Å². The molecule has 0 aromatic heterocycles. The Morgan fingerprint density at radius 3 is 0.552 bits per heavy atom. The molecule has 0 aliphatic heterocycles. The van der Waals surface area contributed by atoms with Crippen LogP contribution in [-0.4, -0.2) is 0 Å². The van der Waals surface area contributed by atoms with Crippen LogP contribution >= 0.6 is 0 Å². The molecule has 4 aromatic rings. The van der Waals surface area contributed by atoms with Crippen LogP contribution in [0, 0.1) is 24.3 Å². The Kier molecular flexibility index (Phi) is 14.9. The SMILES string of the molecule is Nc1cc[c-]cc1.Nc1cc[c-]cc1.Nc1cc[c-]cc1.Nc1cc[c-]cc1.[Zn]. The zero-order valence-corrected chi connectivity index (χ0v) is 19.2. The fourth-order valence-corrected chi connectivity index (χ4v) is 1.60. The van der Waals surface area contributed by atoms with Gasteiger partial charge in [-0.25, -0.2) is 0 Å². The van der Waals surface area contributed by atoms with E-state index in [9.17, 15) is 0 Å². The Hall–Kier alpha value is -3.30. The number of nitrogen functional groups attached to an aromatic ring is 4. The molecule has 0 atom stereocenters. The van der Waals surface area contributed by atoms with E-state index in [1.807, 2.05) is 0 Å². The summed E-state index contributed by atoms with van der Waals surface area (Å²) in [7, 11) is 0. The Balaban J connectivity index is 0.000000356. The number of anilines is 4. The van der Waals surface area contributed by atoms with Gasteiger partial charge in [-0.15, -0.1) is 48.5 Å². The van der Waals surface area contributed by atoms with Crippen molar-refractivity contribution in [2.75, 3.05) is 22.9 Å². The van der Waals surface area contributed by atoms with Crippen LogP contribution in [0.4, 0.5) is 22.7 Å². The van der Waals surface area contributed by atoms with Crippen LogP contribution in [0.2, 0.25) is 0 Å². The van der Waals surface area contributed by atoms with Crippen LogP contribution in [0.15, 0.2) is 97.1 Å². The Morgan fingerprint density at radius 1 is 0.345 bits per heavy atom. The summed E-state index contributed by atoms with van der Waals surface area (Å²) in [6.45, 7) is 0. The molecule has 0 radical (unpaired) electrons. The fourth-order valence-electron chi connectivity index (χ4n) is 1.60. The number of hydrogen-bond acceptors (Lipinski definition) is 4. The molecule has 4 nitrogen and oxygen atoms in total. The molecule has 0 saturated carbocycles. The van der Waals surface area contributed by atoms with E-state index in [1.165, 1.54) is 0 Å². The molecule has 4 rings (SSSR count). The number of benzene rings is 4. The topological polar surface area (TPSA) is 104 Å². The van der Waals surface area contributed by atoms with Crippen LogP contribution < -0.4 is 22.9 Å². The molecular weight excluding hydrogens is 410 g/mol. The van der Waals surface area contributed by atoms with Gasteiger partial charge in [0, 0.05) is 19.5 Å². The van der Waals surface area contributed by atoms with Gasteiger partial charge in [0.25, 0.3) is 0 Å². The van der Waals surface area contributed by atoms with Crippen molar-refractivity contribution in [3.63, 3.8) is 0 Å². The van der Waals surface area contributed by atoms with Gasteiger partial charge in [-0.1, -0.05) is 22.7 Å². The zero-order chi connectivity index (χ0) is 20.5. The summed E-state index contributed by atoms with van der Waals surface area (Å²) < 4.78 is 0. The molecule has 146 valence electrons. The maximum Gasteiger partial charge on any atom is 0 e. The fraction of sp³-hybridized carbons (Fsp3) is 0. The summed E-state index contributed by atoms with van der Waals surface area (Å²) in [5.74, 6) is 0. The van der Waals surface area contributed by atoms with Crippen molar-refractivity contribution < 1.29 is 19.5 Å². The van der Waals surface area contributed by atoms with E-state index in [2.05, 4.69) is 24.3 Å². The monoisotopic (exact) mass is 432 g/mol. The van der Waals surface area contributed by atoms with Crippen LogP contribution in [0.5, 0.6) is 0 Å². The van der Waals surface area contributed by atoms with Gasteiger partial charge in [0.15, 0.2) is 0 Å². The molecule has 0 saturated heterocycles. The van der Waals surface area contributed by atoms with Gasteiger partial charge in [-0.3, -0.25) is 0 Å². The van der Waals surface area contributed by atoms with Crippen molar-refractivity contribution in [1.82, 2.24) is 0 Å². The number of hydrogen-bond donors (Lipinski definition) is 4. The first kappa shape index (κ1) is 25.7. The van der Waals surface area contributed by atoms with E-state index < -0.39 is 0 Å². The third kappa shape index (κ3) is 15.5. The van der Waals surface area contributed by atoms with Crippen molar-refractivity contribution in [1.29, 1.82) is 0 Å². The molecule has 0 aliphatic carbocycles. The second kappa shape index (κ2) is 16.8. The molecule has 0 unspecified atom stereocenters. The van der Waals surface area contributed by atoms with Gasteiger partial charge in [-0.2, -0.15) is 72.8 Å². The summed E-state index contributed by atoms with van der Waals surface area (Å²) in [6.07, 6.45) is 0. The van der Waals surface area contributed by atoms with E-state index in [0.29, 0.717) is 0 Å². The molecule has 0 amide bonds. The Labute approximate surface area is 186 Å². The van der Waals surface area contributed by atoms with Crippen molar-refractivity contribution in [3.05, 3.63) is 121 Å². The molecule has 0 bridgehead atoms. The third-order valence-corrected chi connectivity index (χ3v) is 2.98. The first-order chi connectivity index (χ1) is 13.6. The summed E-state index contributed by atoms with van der Waals surface area (Å²) in [4.78, 5) is 0. The second-order valence-electron chi connectivity index (χ2n) is 5.33. The first-order valence-electron chi connectivity index (χ1n) is 8.44. The molecule has 0 fully saturated rings. The average Bonchev–Trinajstić information content (AvgIpc) is 2.72. The van der Waals surface area contributed by atoms with E-state index in [1.54, 1.807) is 97.1 Å². The predicted octanol–water partition coefficient (Wildman–Crippen LogP) is 4.27. The summed E-state index contributed by atoms with van der Waals surface area (Å²) in [5.41, 5.74) is 24.5. The van der Waals surface area contributed by atoms with Gasteiger partial charge < -0.3 is 22.9 Å². The largest absolute Gasteiger partial charge is 0.419 e. The van der Waals surface area contributed by atoms with Crippen molar-refractivity contribution in [2.24, 2.45) is 0 Å². The maximum atomic E-state index is 5.34. The molecule has 8 N–H and O–H groups in total. The Bertz CT molecular complexity index is 693. The normalized spacial score (nSPS) is 8.28. The van der Waals surface area contributed by atoms with Crippen molar-refractivity contribution >= 4 is 22.7 Å². The molecule has 0 spiro atoms. The van der Waals surface area contributed by atoms with Gasteiger partial charge in [0.1, 0.15) is 0 Å². The summed E-state index contributed by atoms with van der Waals surface area (Å²) >= 11 is 0.